The summed E-state index contributed by atoms with van der Waals surface area (Å²) in [6, 6.07) is 0.357. The van der Waals surface area contributed by atoms with Crippen LogP contribution in [0.4, 0.5) is 0 Å². The average Bonchev–Trinajstić information content (AvgIpc) is 2.34. The van der Waals surface area contributed by atoms with Gasteiger partial charge in [0.25, 0.3) is 0 Å². The molecular formula is C6H12N2O2. The number of aliphatic carboxylic acids is 1. The van der Waals surface area contributed by atoms with Crippen molar-refractivity contribution in [2.24, 2.45) is 0 Å². The molecule has 1 atom stereocenters. The summed E-state index contributed by atoms with van der Waals surface area (Å²) in [5.74, 6) is -0.785. The van der Waals surface area contributed by atoms with E-state index in [1.807, 2.05) is 0 Å². The molecule has 1 rings (SSSR count). The van der Waals surface area contributed by atoms with Crippen LogP contribution in [0.25, 0.3) is 0 Å². The zero-order valence-corrected chi connectivity index (χ0v) is 5.76. The van der Waals surface area contributed by atoms with Gasteiger partial charge >= 0.3 is 5.97 Å². The van der Waals surface area contributed by atoms with Crippen LogP contribution in [0.3, 0.4) is 0 Å². The van der Waals surface area contributed by atoms with Crippen molar-refractivity contribution in [2.75, 3.05) is 19.6 Å². The van der Waals surface area contributed by atoms with Crippen molar-refractivity contribution in [3.63, 3.8) is 0 Å². The molecule has 0 aromatic heterocycles. The minimum atomic E-state index is -0.785. The standard InChI is InChI=1S/C6H12N2O2/c9-6(10)4-8-5-1-2-7-3-5/h5,7-8H,1-4H2,(H,9,10)/t5-/m0/s1. The Morgan fingerprint density at radius 3 is 3.10 bits per heavy atom. The van der Waals surface area contributed by atoms with E-state index in [0.717, 1.165) is 19.5 Å². The molecule has 0 spiro atoms. The fourth-order valence-electron chi connectivity index (χ4n) is 1.06. The second kappa shape index (κ2) is 3.53. The second-order valence-electron chi connectivity index (χ2n) is 2.46. The van der Waals surface area contributed by atoms with Crippen LogP contribution in [0, 0.1) is 0 Å². The fourth-order valence-corrected chi connectivity index (χ4v) is 1.06. The van der Waals surface area contributed by atoms with Gasteiger partial charge in [0, 0.05) is 12.6 Å². The Hall–Kier alpha value is -0.610. The van der Waals surface area contributed by atoms with Crippen molar-refractivity contribution >= 4 is 5.97 Å². The highest BCUT2D eigenvalue weighted by Gasteiger charge is 2.13. The van der Waals surface area contributed by atoms with E-state index in [1.54, 1.807) is 0 Å². The van der Waals surface area contributed by atoms with Crippen molar-refractivity contribution in [3.05, 3.63) is 0 Å². The first-order chi connectivity index (χ1) is 4.79. The Balaban J connectivity index is 2.07. The lowest BCUT2D eigenvalue weighted by Gasteiger charge is -2.07. The first-order valence-electron chi connectivity index (χ1n) is 3.45. The smallest absolute Gasteiger partial charge is 0.317 e. The third kappa shape index (κ3) is 2.33. The van der Waals surface area contributed by atoms with Crippen LogP contribution < -0.4 is 10.6 Å². The molecule has 0 unspecified atom stereocenters. The molecule has 0 saturated carbocycles. The average molecular weight is 144 g/mol. The maximum atomic E-state index is 10.1. The third-order valence-electron chi connectivity index (χ3n) is 1.60. The van der Waals surface area contributed by atoms with Gasteiger partial charge in [0.2, 0.25) is 0 Å². The molecule has 1 aliphatic rings. The van der Waals surface area contributed by atoms with Crippen molar-refractivity contribution in [1.82, 2.24) is 10.6 Å². The summed E-state index contributed by atoms with van der Waals surface area (Å²) < 4.78 is 0. The highest BCUT2D eigenvalue weighted by molar-refractivity contribution is 5.69. The molecule has 1 aliphatic heterocycles. The van der Waals surface area contributed by atoms with Gasteiger partial charge in [-0.05, 0) is 13.0 Å². The fraction of sp³-hybridized carbons (Fsp3) is 0.833. The van der Waals surface area contributed by atoms with E-state index in [9.17, 15) is 4.79 Å². The van der Waals surface area contributed by atoms with Gasteiger partial charge in [-0.3, -0.25) is 4.79 Å². The van der Waals surface area contributed by atoms with E-state index >= 15 is 0 Å². The highest BCUT2D eigenvalue weighted by Crippen LogP contribution is 1.95. The molecule has 0 amide bonds. The van der Waals surface area contributed by atoms with E-state index in [4.69, 9.17) is 5.11 Å². The predicted molar refractivity (Wildman–Crippen MR) is 36.9 cm³/mol. The molecule has 10 heavy (non-hydrogen) atoms. The summed E-state index contributed by atoms with van der Waals surface area (Å²) in [6.45, 7) is 1.97. The molecule has 0 aromatic rings. The number of hydrogen-bond donors (Lipinski definition) is 3. The summed E-state index contributed by atoms with van der Waals surface area (Å²) in [7, 11) is 0. The van der Waals surface area contributed by atoms with Gasteiger partial charge in [0.15, 0.2) is 0 Å². The Labute approximate surface area is 59.6 Å². The minimum absolute atomic E-state index is 0.0757. The quantitative estimate of drug-likeness (QED) is 0.476. The lowest BCUT2D eigenvalue weighted by molar-refractivity contribution is -0.136. The van der Waals surface area contributed by atoms with Crippen LogP contribution in [-0.4, -0.2) is 36.8 Å². The van der Waals surface area contributed by atoms with Gasteiger partial charge in [-0.15, -0.1) is 0 Å². The van der Waals surface area contributed by atoms with Gasteiger partial charge in [-0.25, -0.2) is 0 Å². The van der Waals surface area contributed by atoms with Gasteiger partial charge in [-0.2, -0.15) is 0 Å². The van der Waals surface area contributed by atoms with Crippen LogP contribution in [0.15, 0.2) is 0 Å². The summed E-state index contributed by atoms with van der Waals surface area (Å²) in [4.78, 5) is 10.1. The van der Waals surface area contributed by atoms with Crippen LogP contribution in [0.5, 0.6) is 0 Å². The monoisotopic (exact) mass is 144 g/mol. The van der Waals surface area contributed by atoms with Gasteiger partial charge in [-0.1, -0.05) is 0 Å². The summed E-state index contributed by atoms with van der Waals surface area (Å²) in [5, 5.41) is 14.4. The van der Waals surface area contributed by atoms with E-state index in [1.165, 1.54) is 0 Å². The van der Waals surface area contributed by atoms with E-state index < -0.39 is 5.97 Å². The van der Waals surface area contributed by atoms with Crippen molar-refractivity contribution in [2.45, 2.75) is 12.5 Å². The highest BCUT2D eigenvalue weighted by atomic mass is 16.4. The number of carboxylic acid groups (broad SMARTS) is 1. The Morgan fingerprint density at radius 1 is 1.80 bits per heavy atom. The lowest BCUT2D eigenvalue weighted by Crippen LogP contribution is -2.34. The van der Waals surface area contributed by atoms with Crippen LogP contribution >= 0.6 is 0 Å². The summed E-state index contributed by atoms with van der Waals surface area (Å²) in [5.41, 5.74) is 0. The van der Waals surface area contributed by atoms with Crippen LogP contribution in [-0.2, 0) is 4.79 Å². The number of carbonyl (C=O) groups is 1. The number of nitrogens with one attached hydrogen (secondary N) is 2. The minimum Gasteiger partial charge on any atom is -0.480 e. The molecule has 1 fully saturated rings. The number of rotatable bonds is 3. The topological polar surface area (TPSA) is 61.4 Å². The van der Waals surface area contributed by atoms with Crippen molar-refractivity contribution in [1.29, 1.82) is 0 Å². The number of carboxylic acids is 1. The van der Waals surface area contributed by atoms with E-state index in [2.05, 4.69) is 10.6 Å². The third-order valence-corrected chi connectivity index (χ3v) is 1.60. The SMILES string of the molecule is O=C(O)CN[C@H]1CCNC1. The largest absolute Gasteiger partial charge is 0.480 e. The normalized spacial score (nSPS) is 25.0. The van der Waals surface area contributed by atoms with Crippen LogP contribution in [0.1, 0.15) is 6.42 Å². The molecule has 0 aromatic carbocycles. The molecule has 58 valence electrons. The molecule has 1 heterocycles. The Bertz CT molecular complexity index is 121. The maximum Gasteiger partial charge on any atom is 0.317 e. The molecule has 4 nitrogen and oxygen atoms in total. The maximum absolute atomic E-state index is 10.1. The molecule has 0 radical (unpaired) electrons. The first-order valence-corrected chi connectivity index (χ1v) is 3.45. The lowest BCUT2D eigenvalue weighted by atomic mass is 10.3. The first kappa shape index (κ1) is 7.50. The van der Waals surface area contributed by atoms with Gasteiger partial charge < -0.3 is 15.7 Å². The van der Waals surface area contributed by atoms with Gasteiger partial charge in [0.1, 0.15) is 0 Å². The van der Waals surface area contributed by atoms with Crippen molar-refractivity contribution < 1.29 is 9.90 Å². The summed E-state index contributed by atoms with van der Waals surface area (Å²) >= 11 is 0. The molecule has 0 aliphatic carbocycles. The van der Waals surface area contributed by atoms with Crippen molar-refractivity contribution in [3.8, 4) is 0 Å². The zero-order valence-electron chi connectivity index (χ0n) is 5.76. The Morgan fingerprint density at radius 2 is 2.60 bits per heavy atom. The Kier molecular flexibility index (Phi) is 2.65. The van der Waals surface area contributed by atoms with Crippen LogP contribution in [0.2, 0.25) is 0 Å². The predicted octanol–water partition coefficient (Wildman–Crippen LogP) is -0.977. The van der Waals surface area contributed by atoms with E-state index in [0.29, 0.717) is 6.04 Å². The van der Waals surface area contributed by atoms with Gasteiger partial charge in [0.05, 0.1) is 6.54 Å². The molecular weight excluding hydrogens is 132 g/mol. The molecule has 4 heteroatoms. The molecule has 0 bridgehead atoms. The molecule has 1 saturated heterocycles. The summed E-state index contributed by atoms with van der Waals surface area (Å²) in [6.07, 6.45) is 1.03. The second-order valence-corrected chi connectivity index (χ2v) is 2.46. The zero-order chi connectivity index (χ0) is 7.40. The number of hydrogen-bond acceptors (Lipinski definition) is 3. The van der Waals surface area contributed by atoms with E-state index in [-0.39, 0.29) is 6.54 Å². The molecule has 3 N–H and O–H groups in total.